The van der Waals surface area contributed by atoms with Gasteiger partial charge in [-0.25, -0.2) is 4.98 Å². The van der Waals surface area contributed by atoms with Gasteiger partial charge in [0, 0.05) is 11.6 Å². The first-order chi connectivity index (χ1) is 6.68. The summed E-state index contributed by atoms with van der Waals surface area (Å²) < 4.78 is 0. The second kappa shape index (κ2) is 4.05. The molecule has 0 bridgehead atoms. The summed E-state index contributed by atoms with van der Waals surface area (Å²) in [7, 11) is 2.11. The number of hydrogen-bond donors (Lipinski definition) is 0. The van der Waals surface area contributed by atoms with E-state index in [-0.39, 0.29) is 0 Å². The summed E-state index contributed by atoms with van der Waals surface area (Å²) in [5.74, 6) is 0. The molecular weight excluding hydrogens is 219 g/mol. The Hall–Kier alpha value is -0.310. The summed E-state index contributed by atoms with van der Waals surface area (Å²) in [6.45, 7) is 1.13. The van der Waals surface area contributed by atoms with Crippen LogP contribution in [0.1, 0.15) is 24.4 Å². The number of rotatable bonds is 1. The van der Waals surface area contributed by atoms with E-state index in [2.05, 4.69) is 16.9 Å². The highest BCUT2D eigenvalue weighted by molar-refractivity contribution is 6.32. The molecular formula is C10H12Cl2N2. The van der Waals surface area contributed by atoms with Crippen molar-refractivity contribution in [1.29, 1.82) is 0 Å². The minimum Gasteiger partial charge on any atom is -0.299 e. The van der Waals surface area contributed by atoms with Gasteiger partial charge in [0.2, 0.25) is 0 Å². The van der Waals surface area contributed by atoms with Crippen molar-refractivity contribution in [3.05, 3.63) is 28.0 Å². The first-order valence-corrected chi connectivity index (χ1v) is 5.46. The molecule has 2 rings (SSSR count). The summed E-state index contributed by atoms with van der Waals surface area (Å²) in [6, 6.07) is 4.19. The van der Waals surface area contributed by atoms with Gasteiger partial charge in [-0.2, -0.15) is 0 Å². The molecule has 1 aliphatic rings. The van der Waals surface area contributed by atoms with Crippen LogP contribution in [0.3, 0.4) is 0 Å². The molecule has 1 aromatic heterocycles. The fraction of sp³-hybridized carbons (Fsp3) is 0.500. The van der Waals surface area contributed by atoms with Gasteiger partial charge in [-0.1, -0.05) is 29.3 Å². The fourth-order valence-electron chi connectivity index (χ4n) is 1.97. The highest BCUT2D eigenvalue weighted by Gasteiger charge is 2.24. The van der Waals surface area contributed by atoms with Crippen LogP contribution in [0.4, 0.5) is 0 Å². The van der Waals surface area contributed by atoms with Crippen LogP contribution in [0, 0.1) is 0 Å². The molecule has 1 aromatic rings. The Balaban J connectivity index is 2.31. The predicted molar refractivity (Wildman–Crippen MR) is 58.9 cm³/mol. The van der Waals surface area contributed by atoms with Crippen LogP contribution >= 0.6 is 23.2 Å². The molecule has 0 unspecified atom stereocenters. The lowest BCUT2D eigenvalue weighted by molar-refractivity contribution is 0.317. The topological polar surface area (TPSA) is 16.1 Å². The Labute approximate surface area is 93.8 Å². The number of nitrogens with zero attached hydrogens (tertiary/aromatic N) is 2. The summed E-state index contributed by atoms with van der Waals surface area (Å²) >= 11 is 11.8. The van der Waals surface area contributed by atoms with Gasteiger partial charge in [-0.15, -0.1) is 0 Å². The van der Waals surface area contributed by atoms with E-state index < -0.39 is 0 Å². The molecule has 0 amide bonds. The lowest BCUT2D eigenvalue weighted by atomic mass is 10.1. The molecule has 14 heavy (non-hydrogen) atoms. The van der Waals surface area contributed by atoms with E-state index in [4.69, 9.17) is 23.2 Å². The van der Waals surface area contributed by atoms with Crippen LogP contribution in [0.15, 0.2) is 12.1 Å². The molecule has 1 fully saturated rings. The Morgan fingerprint density at radius 2 is 2.21 bits per heavy atom. The monoisotopic (exact) mass is 230 g/mol. The largest absolute Gasteiger partial charge is 0.299 e. The maximum absolute atomic E-state index is 6.05. The average Bonchev–Trinajstić information content (AvgIpc) is 2.52. The van der Waals surface area contributed by atoms with Crippen molar-refractivity contribution < 1.29 is 0 Å². The first-order valence-electron chi connectivity index (χ1n) is 4.70. The van der Waals surface area contributed by atoms with Crippen molar-refractivity contribution in [2.75, 3.05) is 13.6 Å². The van der Waals surface area contributed by atoms with Gasteiger partial charge in [-0.05, 0) is 32.5 Å². The first kappa shape index (κ1) is 10.2. The molecule has 2 nitrogen and oxygen atoms in total. The number of halogens is 2. The highest BCUT2D eigenvalue weighted by atomic mass is 35.5. The van der Waals surface area contributed by atoms with Gasteiger partial charge in [0.05, 0.1) is 0 Å². The maximum Gasteiger partial charge on any atom is 0.135 e. The number of pyridine rings is 1. The van der Waals surface area contributed by atoms with E-state index >= 15 is 0 Å². The standard InChI is InChI=1S/C10H12Cl2N2/c1-14-6-2-3-8(14)7-4-5-9(11)13-10(7)12/h4-5,8H,2-3,6H2,1H3/t8-/m0/s1. The molecule has 0 aliphatic carbocycles. The highest BCUT2D eigenvalue weighted by Crippen LogP contribution is 2.34. The van der Waals surface area contributed by atoms with Crippen molar-refractivity contribution in [2.24, 2.45) is 0 Å². The van der Waals surface area contributed by atoms with Crippen LogP contribution in [0.25, 0.3) is 0 Å². The molecule has 1 aliphatic heterocycles. The minimum absolute atomic E-state index is 0.410. The summed E-state index contributed by atoms with van der Waals surface area (Å²) in [5.41, 5.74) is 1.09. The maximum atomic E-state index is 6.05. The molecule has 0 spiro atoms. The van der Waals surface area contributed by atoms with E-state index in [0.29, 0.717) is 16.3 Å². The summed E-state index contributed by atoms with van der Waals surface area (Å²) in [5, 5.41) is 0.996. The van der Waals surface area contributed by atoms with Gasteiger partial charge in [0.1, 0.15) is 10.3 Å². The van der Waals surface area contributed by atoms with E-state index in [1.807, 2.05) is 6.07 Å². The Kier molecular flexibility index (Phi) is 2.96. The molecule has 1 saturated heterocycles. The molecule has 0 N–H and O–H groups in total. The summed E-state index contributed by atoms with van der Waals surface area (Å²) in [6.07, 6.45) is 2.37. The fourth-order valence-corrected chi connectivity index (χ4v) is 2.45. The number of hydrogen-bond acceptors (Lipinski definition) is 2. The molecule has 4 heteroatoms. The van der Waals surface area contributed by atoms with Crippen LogP contribution in [-0.2, 0) is 0 Å². The van der Waals surface area contributed by atoms with Gasteiger partial charge in [0.25, 0.3) is 0 Å². The molecule has 1 atom stereocenters. The van der Waals surface area contributed by atoms with Gasteiger partial charge in [-0.3, -0.25) is 4.90 Å². The average molecular weight is 231 g/mol. The normalized spacial score (nSPS) is 22.9. The van der Waals surface area contributed by atoms with Crippen molar-refractivity contribution in [3.63, 3.8) is 0 Å². The van der Waals surface area contributed by atoms with Crippen LogP contribution in [0.5, 0.6) is 0 Å². The Bertz CT molecular complexity index is 341. The second-order valence-electron chi connectivity index (χ2n) is 3.65. The van der Waals surface area contributed by atoms with Crippen LogP contribution in [-0.4, -0.2) is 23.5 Å². The molecule has 0 aromatic carbocycles. The lowest BCUT2D eigenvalue weighted by Crippen LogP contribution is -2.17. The van der Waals surface area contributed by atoms with E-state index in [9.17, 15) is 0 Å². The molecule has 2 heterocycles. The quantitative estimate of drug-likeness (QED) is 0.690. The van der Waals surface area contributed by atoms with Crippen molar-refractivity contribution >= 4 is 23.2 Å². The molecule has 76 valence electrons. The lowest BCUT2D eigenvalue weighted by Gasteiger charge is -2.20. The molecule has 0 radical (unpaired) electrons. The third-order valence-corrected chi connectivity index (χ3v) is 3.24. The van der Waals surface area contributed by atoms with Crippen molar-refractivity contribution in [1.82, 2.24) is 9.88 Å². The van der Waals surface area contributed by atoms with Gasteiger partial charge >= 0.3 is 0 Å². The Morgan fingerprint density at radius 1 is 1.43 bits per heavy atom. The Morgan fingerprint density at radius 3 is 2.79 bits per heavy atom. The SMILES string of the molecule is CN1CCC[C@H]1c1ccc(Cl)nc1Cl. The van der Waals surface area contributed by atoms with Gasteiger partial charge < -0.3 is 0 Å². The minimum atomic E-state index is 0.410. The van der Waals surface area contributed by atoms with E-state index in [1.165, 1.54) is 6.42 Å². The van der Waals surface area contributed by atoms with E-state index in [1.54, 1.807) is 6.07 Å². The van der Waals surface area contributed by atoms with Crippen LogP contribution < -0.4 is 0 Å². The zero-order chi connectivity index (χ0) is 10.1. The predicted octanol–water partition coefficient (Wildman–Crippen LogP) is 3.16. The zero-order valence-corrected chi connectivity index (χ0v) is 9.52. The third kappa shape index (κ3) is 1.88. The number of aromatic nitrogens is 1. The smallest absolute Gasteiger partial charge is 0.135 e. The van der Waals surface area contributed by atoms with Crippen molar-refractivity contribution in [2.45, 2.75) is 18.9 Å². The number of likely N-dealkylation sites (tertiary alicyclic amines) is 1. The van der Waals surface area contributed by atoms with Crippen LogP contribution in [0.2, 0.25) is 10.3 Å². The molecule has 0 saturated carbocycles. The van der Waals surface area contributed by atoms with E-state index in [0.717, 1.165) is 18.5 Å². The van der Waals surface area contributed by atoms with Gasteiger partial charge in [0.15, 0.2) is 0 Å². The third-order valence-electron chi connectivity index (χ3n) is 2.72. The summed E-state index contributed by atoms with van der Waals surface area (Å²) in [4.78, 5) is 6.36. The second-order valence-corrected chi connectivity index (χ2v) is 4.40. The van der Waals surface area contributed by atoms with Crippen molar-refractivity contribution in [3.8, 4) is 0 Å². The zero-order valence-electron chi connectivity index (χ0n) is 8.00.